The summed E-state index contributed by atoms with van der Waals surface area (Å²) in [4.78, 5) is 18.4. The van der Waals surface area contributed by atoms with E-state index >= 15 is 0 Å². The molecule has 0 saturated carbocycles. The molecule has 0 spiro atoms. The van der Waals surface area contributed by atoms with Crippen LogP contribution in [0.1, 0.15) is 30.3 Å². The molecule has 1 aromatic carbocycles. The van der Waals surface area contributed by atoms with Gasteiger partial charge in [-0.2, -0.15) is 0 Å². The normalized spacial score (nSPS) is 16.4. The van der Waals surface area contributed by atoms with Gasteiger partial charge in [0.25, 0.3) is 5.56 Å². The first-order valence-electron chi connectivity index (χ1n) is 10.5. The van der Waals surface area contributed by atoms with Crippen molar-refractivity contribution in [2.24, 2.45) is 0 Å². The zero-order valence-electron chi connectivity index (χ0n) is 18.4. The summed E-state index contributed by atoms with van der Waals surface area (Å²) >= 11 is 0. The third-order valence-corrected chi connectivity index (χ3v) is 5.85. The SMILES string of the molecule is COCCn1nnnc1[C@H](c1cc2cc(OC)c(OC)cc2[nH]c1=O)N1CCC(O)CC1. The van der Waals surface area contributed by atoms with E-state index in [1.807, 2.05) is 12.1 Å². The maximum atomic E-state index is 13.3. The molecular formula is C21H28N6O5. The minimum Gasteiger partial charge on any atom is -0.493 e. The van der Waals surface area contributed by atoms with Gasteiger partial charge in [0, 0.05) is 37.2 Å². The van der Waals surface area contributed by atoms with Gasteiger partial charge in [-0.1, -0.05) is 0 Å². The minimum atomic E-state index is -0.476. The van der Waals surface area contributed by atoms with E-state index in [-0.39, 0.29) is 11.7 Å². The van der Waals surface area contributed by atoms with Crippen LogP contribution in [0.3, 0.4) is 0 Å². The van der Waals surface area contributed by atoms with Crippen LogP contribution < -0.4 is 15.0 Å². The number of ether oxygens (including phenoxy) is 3. The first-order chi connectivity index (χ1) is 15.5. The number of aliphatic hydroxyl groups is 1. The number of aromatic amines is 1. The van der Waals surface area contributed by atoms with E-state index in [1.54, 1.807) is 32.1 Å². The second-order valence-electron chi connectivity index (χ2n) is 7.77. The fraction of sp³-hybridized carbons (Fsp3) is 0.524. The number of aliphatic hydroxyl groups excluding tert-OH is 1. The molecule has 0 radical (unpaired) electrons. The predicted octanol–water partition coefficient (Wildman–Crippen LogP) is 0.724. The standard InChI is InChI=1S/C21H28N6O5/c1-30-9-8-27-20(23-24-25-27)19(26-6-4-14(28)5-7-26)15-10-13-11-17(31-2)18(32-3)12-16(13)22-21(15)29/h10-12,14,19,28H,4-9H2,1-3H3,(H,22,29)/t19-/m0/s1. The maximum absolute atomic E-state index is 13.3. The van der Waals surface area contributed by atoms with Crippen molar-refractivity contribution in [3.8, 4) is 11.5 Å². The van der Waals surface area contributed by atoms with Crippen LogP contribution in [0.4, 0.5) is 0 Å². The Morgan fingerprint density at radius 1 is 1.16 bits per heavy atom. The fourth-order valence-electron chi connectivity index (χ4n) is 4.14. The first-order valence-corrected chi connectivity index (χ1v) is 10.5. The summed E-state index contributed by atoms with van der Waals surface area (Å²) in [5.41, 5.74) is 0.930. The molecule has 1 atom stereocenters. The summed E-state index contributed by atoms with van der Waals surface area (Å²) in [6.07, 6.45) is 0.891. The molecule has 172 valence electrons. The Morgan fingerprint density at radius 3 is 2.56 bits per heavy atom. The lowest BCUT2D eigenvalue weighted by Gasteiger charge is -2.35. The summed E-state index contributed by atoms with van der Waals surface area (Å²) in [5, 5.41) is 23.0. The molecule has 32 heavy (non-hydrogen) atoms. The van der Waals surface area contributed by atoms with Crippen LogP contribution >= 0.6 is 0 Å². The molecule has 1 fully saturated rings. The van der Waals surface area contributed by atoms with Crippen LogP contribution in [0.15, 0.2) is 23.0 Å². The highest BCUT2D eigenvalue weighted by molar-refractivity contribution is 5.83. The van der Waals surface area contributed by atoms with Crippen molar-refractivity contribution in [2.75, 3.05) is 41.0 Å². The second-order valence-corrected chi connectivity index (χ2v) is 7.77. The number of hydrogen-bond donors (Lipinski definition) is 2. The van der Waals surface area contributed by atoms with Crippen molar-refractivity contribution in [1.82, 2.24) is 30.1 Å². The number of hydrogen-bond acceptors (Lipinski definition) is 9. The summed E-state index contributed by atoms with van der Waals surface area (Å²) < 4.78 is 17.6. The molecule has 0 bridgehead atoms. The molecule has 1 aliphatic rings. The monoisotopic (exact) mass is 444 g/mol. The van der Waals surface area contributed by atoms with Crippen molar-refractivity contribution in [1.29, 1.82) is 0 Å². The predicted molar refractivity (Wildman–Crippen MR) is 116 cm³/mol. The zero-order valence-corrected chi connectivity index (χ0v) is 18.4. The van der Waals surface area contributed by atoms with E-state index in [4.69, 9.17) is 14.2 Å². The van der Waals surface area contributed by atoms with Crippen molar-refractivity contribution in [3.05, 3.63) is 39.9 Å². The molecule has 1 aliphatic heterocycles. The minimum absolute atomic E-state index is 0.234. The lowest BCUT2D eigenvalue weighted by molar-refractivity contribution is 0.0654. The quantitative estimate of drug-likeness (QED) is 0.517. The van der Waals surface area contributed by atoms with Crippen molar-refractivity contribution in [3.63, 3.8) is 0 Å². The number of piperidine rings is 1. The molecule has 11 nitrogen and oxygen atoms in total. The van der Waals surface area contributed by atoms with Gasteiger partial charge in [-0.3, -0.25) is 9.69 Å². The second kappa shape index (κ2) is 9.63. The first kappa shape index (κ1) is 22.2. The number of H-pyrrole nitrogens is 1. The van der Waals surface area contributed by atoms with E-state index in [1.165, 1.54) is 0 Å². The van der Waals surface area contributed by atoms with E-state index in [9.17, 15) is 9.90 Å². The number of fused-ring (bicyclic) bond motifs is 1. The molecule has 3 aromatic rings. The van der Waals surface area contributed by atoms with Gasteiger partial charge in [-0.05, 0) is 35.4 Å². The Balaban J connectivity index is 1.84. The fourth-order valence-corrected chi connectivity index (χ4v) is 4.14. The number of tetrazole rings is 1. The van der Waals surface area contributed by atoms with Gasteiger partial charge in [-0.15, -0.1) is 5.10 Å². The highest BCUT2D eigenvalue weighted by Gasteiger charge is 2.32. The van der Waals surface area contributed by atoms with E-state index in [0.29, 0.717) is 67.5 Å². The molecule has 0 amide bonds. The van der Waals surface area contributed by atoms with Gasteiger partial charge in [0.05, 0.1) is 39.0 Å². The van der Waals surface area contributed by atoms with E-state index in [0.717, 1.165) is 5.39 Å². The number of rotatable bonds is 8. The van der Waals surface area contributed by atoms with Crippen LogP contribution in [0.5, 0.6) is 11.5 Å². The number of benzene rings is 1. The molecule has 2 N–H and O–H groups in total. The Morgan fingerprint density at radius 2 is 1.88 bits per heavy atom. The maximum Gasteiger partial charge on any atom is 0.253 e. The molecule has 11 heteroatoms. The smallest absolute Gasteiger partial charge is 0.253 e. The third-order valence-electron chi connectivity index (χ3n) is 5.85. The van der Waals surface area contributed by atoms with E-state index < -0.39 is 6.04 Å². The molecule has 0 aliphatic carbocycles. The van der Waals surface area contributed by atoms with E-state index in [2.05, 4.69) is 25.4 Å². The van der Waals surface area contributed by atoms with Crippen LogP contribution in [-0.4, -0.2) is 82.3 Å². The van der Waals surface area contributed by atoms with Gasteiger partial charge in [0.15, 0.2) is 17.3 Å². The number of pyridine rings is 1. The number of nitrogens with zero attached hydrogens (tertiary/aromatic N) is 5. The molecule has 1 saturated heterocycles. The lowest BCUT2D eigenvalue weighted by atomic mass is 9.99. The van der Waals surface area contributed by atoms with Gasteiger partial charge in [0.1, 0.15) is 6.04 Å². The van der Waals surface area contributed by atoms with Crippen molar-refractivity contribution < 1.29 is 19.3 Å². The highest BCUT2D eigenvalue weighted by Crippen LogP contribution is 2.33. The van der Waals surface area contributed by atoms with Crippen LogP contribution in [0, 0.1) is 0 Å². The number of likely N-dealkylation sites (tertiary alicyclic amines) is 1. The van der Waals surface area contributed by atoms with Crippen molar-refractivity contribution in [2.45, 2.75) is 31.5 Å². The lowest BCUT2D eigenvalue weighted by Crippen LogP contribution is -2.41. The summed E-state index contributed by atoms with van der Waals surface area (Å²) in [5.74, 6) is 1.66. The average molecular weight is 444 g/mol. The third kappa shape index (κ3) is 4.31. The average Bonchev–Trinajstić information content (AvgIpc) is 3.26. The molecule has 2 aromatic heterocycles. The number of methoxy groups -OCH3 is 3. The molecule has 0 unspecified atom stereocenters. The topological polar surface area (TPSA) is 128 Å². The Labute approximate surface area is 184 Å². The summed E-state index contributed by atoms with van der Waals surface area (Å²) in [6, 6.07) is 4.95. The molecule has 4 rings (SSSR count). The van der Waals surface area contributed by atoms with Crippen LogP contribution in [-0.2, 0) is 11.3 Å². The van der Waals surface area contributed by atoms with Gasteiger partial charge in [-0.25, -0.2) is 4.68 Å². The molecular weight excluding hydrogens is 416 g/mol. The number of nitrogens with one attached hydrogen (secondary N) is 1. The largest absolute Gasteiger partial charge is 0.493 e. The Kier molecular flexibility index (Phi) is 6.68. The zero-order chi connectivity index (χ0) is 22.7. The Hall–Kier alpha value is -3.02. The summed E-state index contributed by atoms with van der Waals surface area (Å²) in [6.45, 7) is 2.13. The van der Waals surface area contributed by atoms with Gasteiger partial charge in [0.2, 0.25) is 0 Å². The summed E-state index contributed by atoms with van der Waals surface area (Å²) in [7, 11) is 4.74. The number of aromatic nitrogens is 5. The van der Waals surface area contributed by atoms with Gasteiger partial charge < -0.3 is 24.3 Å². The van der Waals surface area contributed by atoms with Crippen LogP contribution in [0.25, 0.3) is 10.9 Å². The highest BCUT2D eigenvalue weighted by atomic mass is 16.5. The molecule has 3 heterocycles. The van der Waals surface area contributed by atoms with Crippen LogP contribution in [0.2, 0.25) is 0 Å². The Bertz CT molecular complexity index is 1120. The van der Waals surface area contributed by atoms with Gasteiger partial charge >= 0.3 is 0 Å². The van der Waals surface area contributed by atoms with Crippen molar-refractivity contribution >= 4 is 10.9 Å².